The van der Waals surface area contributed by atoms with Crippen molar-refractivity contribution in [3.8, 4) is 0 Å². The summed E-state index contributed by atoms with van der Waals surface area (Å²) in [5, 5.41) is 0.607. The van der Waals surface area contributed by atoms with Crippen LogP contribution in [0.3, 0.4) is 0 Å². The van der Waals surface area contributed by atoms with Crippen LogP contribution in [-0.4, -0.2) is 18.5 Å². The third-order valence-electron chi connectivity index (χ3n) is 4.54. The highest BCUT2D eigenvalue weighted by molar-refractivity contribution is 6.30. The summed E-state index contributed by atoms with van der Waals surface area (Å²) in [5.41, 5.74) is 4.04. The van der Waals surface area contributed by atoms with Gasteiger partial charge in [-0.1, -0.05) is 43.2 Å². The number of unbranched alkanes of at least 4 members (excludes halogenated alkanes) is 1. The molecule has 0 spiro atoms. The van der Waals surface area contributed by atoms with E-state index in [4.69, 9.17) is 16.3 Å². The number of amides is 1. The Morgan fingerprint density at radius 2 is 1.89 bits per heavy atom. The lowest BCUT2D eigenvalue weighted by atomic mass is 9.99. The molecule has 1 heterocycles. The topological polar surface area (TPSA) is 46.6 Å². The van der Waals surface area contributed by atoms with Crippen LogP contribution < -0.4 is 4.90 Å². The summed E-state index contributed by atoms with van der Waals surface area (Å²) < 4.78 is 5.30. The normalized spacial score (nSPS) is 13.8. The molecule has 2 aromatic carbocycles. The maximum atomic E-state index is 12.2. The van der Waals surface area contributed by atoms with E-state index in [1.165, 1.54) is 0 Å². The third-order valence-corrected chi connectivity index (χ3v) is 4.78. The van der Waals surface area contributed by atoms with Gasteiger partial charge in [0, 0.05) is 11.9 Å². The zero-order chi connectivity index (χ0) is 19.4. The molecule has 0 atom stereocenters. The number of fused-ring (bicyclic) bond motifs is 2. The number of esters is 1. The largest absolute Gasteiger partial charge is 0.462 e. The number of rotatable bonds is 4. The van der Waals surface area contributed by atoms with Crippen LogP contribution in [0.5, 0.6) is 0 Å². The lowest BCUT2D eigenvalue weighted by Crippen LogP contribution is -2.29. The van der Waals surface area contributed by atoms with E-state index in [0.717, 1.165) is 35.2 Å². The highest BCUT2D eigenvalue weighted by atomic mass is 35.5. The highest BCUT2D eigenvalue weighted by Gasteiger charge is 2.19. The Morgan fingerprint density at radius 1 is 1.11 bits per heavy atom. The zero-order valence-electron chi connectivity index (χ0n) is 15.5. The lowest BCUT2D eigenvalue weighted by Gasteiger charge is -2.26. The smallest absolute Gasteiger partial charge is 0.338 e. The van der Waals surface area contributed by atoms with Crippen LogP contribution in [-0.2, 0) is 16.1 Å². The van der Waals surface area contributed by atoms with Crippen LogP contribution in [0, 0.1) is 0 Å². The Morgan fingerprint density at radius 3 is 2.63 bits per heavy atom. The van der Waals surface area contributed by atoms with Crippen LogP contribution in [0.15, 0.2) is 36.4 Å². The Bertz CT molecular complexity index is 904. The number of carbonyl (C=O) groups is 2. The van der Waals surface area contributed by atoms with Crippen molar-refractivity contribution in [1.82, 2.24) is 0 Å². The van der Waals surface area contributed by atoms with E-state index < -0.39 is 0 Å². The molecule has 140 valence electrons. The number of anilines is 1. The van der Waals surface area contributed by atoms with Gasteiger partial charge in [-0.25, -0.2) is 4.79 Å². The van der Waals surface area contributed by atoms with Gasteiger partial charge in [-0.2, -0.15) is 0 Å². The second kappa shape index (κ2) is 8.40. The van der Waals surface area contributed by atoms with E-state index in [-0.39, 0.29) is 11.9 Å². The van der Waals surface area contributed by atoms with E-state index in [1.54, 1.807) is 24.0 Å². The maximum absolute atomic E-state index is 12.2. The molecule has 0 unspecified atom stereocenters. The molecule has 0 bridgehead atoms. The molecular weight excluding hydrogens is 362 g/mol. The Hall–Kier alpha value is -2.59. The summed E-state index contributed by atoms with van der Waals surface area (Å²) >= 11 is 6.13. The SMILES string of the molecule is CCCCOC(=O)c1ccc2c(c1)/C=C\c1cc(Cl)ccc1N(C(C)=O)C2. The molecule has 0 aliphatic carbocycles. The first kappa shape index (κ1) is 19.2. The zero-order valence-corrected chi connectivity index (χ0v) is 16.3. The van der Waals surface area contributed by atoms with E-state index >= 15 is 0 Å². The minimum absolute atomic E-state index is 0.0529. The Labute approximate surface area is 164 Å². The van der Waals surface area contributed by atoms with Crippen LogP contribution in [0.4, 0.5) is 5.69 Å². The highest BCUT2D eigenvalue weighted by Crippen LogP contribution is 2.31. The molecule has 0 aromatic heterocycles. The van der Waals surface area contributed by atoms with Crippen molar-refractivity contribution < 1.29 is 14.3 Å². The minimum Gasteiger partial charge on any atom is -0.462 e. The fourth-order valence-electron chi connectivity index (χ4n) is 3.03. The summed E-state index contributed by atoms with van der Waals surface area (Å²) in [6.07, 6.45) is 5.69. The van der Waals surface area contributed by atoms with Crippen LogP contribution >= 0.6 is 11.6 Å². The molecule has 0 N–H and O–H groups in total. The van der Waals surface area contributed by atoms with Crippen molar-refractivity contribution in [2.45, 2.75) is 33.2 Å². The van der Waals surface area contributed by atoms with Gasteiger partial charge in [0.2, 0.25) is 5.91 Å². The van der Waals surface area contributed by atoms with E-state index in [1.807, 2.05) is 36.4 Å². The summed E-state index contributed by atoms with van der Waals surface area (Å²) in [6.45, 7) is 4.44. The molecule has 1 aliphatic heterocycles. The van der Waals surface area contributed by atoms with Crippen molar-refractivity contribution in [1.29, 1.82) is 0 Å². The number of halogens is 1. The second-order valence-electron chi connectivity index (χ2n) is 6.54. The molecule has 3 rings (SSSR count). The average Bonchev–Trinajstić information content (AvgIpc) is 2.63. The number of ether oxygens (including phenoxy) is 1. The van der Waals surface area contributed by atoms with Gasteiger partial charge in [0.25, 0.3) is 0 Å². The molecular formula is C22H22ClNO3. The first-order chi connectivity index (χ1) is 13.0. The molecule has 1 amide bonds. The van der Waals surface area contributed by atoms with E-state index in [2.05, 4.69) is 6.92 Å². The predicted octanol–water partition coefficient (Wildman–Crippen LogP) is 5.33. The standard InChI is InChI=1S/C22H22ClNO3/c1-3-4-11-27-22(26)18-7-8-19-14-24(15(2)25)21-10-9-20(23)13-17(21)6-5-16(19)12-18/h5-10,12-13H,3-4,11,14H2,1-2H3/b6-5-. The van der Waals surface area contributed by atoms with Crippen LogP contribution in [0.1, 0.15) is 53.7 Å². The summed E-state index contributed by atoms with van der Waals surface area (Å²) in [6, 6.07) is 10.9. The van der Waals surface area contributed by atoms with E-state index in [9.17, 15) is 9.59 Å². The van der Waals surface area contributed by atoms with Gasteiger partial charge in [0.1, 0.15) is 0 Å². The van der Waals surface area contributed by atoms with Gasteiger partial charge < -0.3 is 9.64 Å². The fourth-order valence-corrected chi connectivity index (χ4v) is 3.21. The molecule has 27 heavy (non-hydrogen) atoms. The van der Waals surface area contributed by atoms with Gasteiger partial charge >= 0.3 is 5.97 Å². The molecule has 2 aromatic rings. The number of benzene rings is 2. The van der Waals surface area contributed by atoms with Crippen molar-refractivity contribution in [3.05, 3.63) is 63.7 Å². The van der Waals surface area contributed by atoms with Gasteiger partial charge in [0.05, 0.1) is 24.4 Å². The third kappa shape index (κ3) is 4.40. The number of hydrogen-bond donors (Lipinski definition) is 0. The summed E-state index contributed by atoms with van der Waals surface area (Å²) in [7, 11) is 0. The molecule has 0 fully saturated rings. The van der Waals surface area contributed by atoms with Crippen molar-refractivity contribution in [3.63, 3.8) is 0 Å². The number of carbonyl (C=O) groups excluding carboxylic acids is 2. The molecule has 5 heteroatoms. The van der Waals surface area contributed by atoms with Gasteiger partial charge in [-0.3, -0.25) is 4.79 Å². The van der Waals surface area contributed by atoms with Crippen molar-refractivity contribution >= 4 is 41.3 Å². The Balaban J connectivity index is 1.98. The second-order valence-corrected chi connectivity index (χ2v) is 6.98. The number of hydrogen-bond acceptors (Lipinski definition) is 3. The monoisotopic (exact) mass is 383 g/mol. The quantitative estimate of drug-likeness (QED) is 0.529. The maximum Gasteiger partial charge on any atom is 0.338 e. The van der Waals surface area contributed by atoms with Gasteiger partial charge in [0.15, 0.2) is 0 Å². The first-order valence-corrected chi connectivity index (χ1v) is 9.43. The minimum atomic E-state index is -0.325. The number of nitrogens with zero attached hydrogens (tertiary/aromatic N) is 1. The molecule has 0 saturated heterocycles. The Kier molecular flexibility index (Phi) is 5.97. The molecule has 1 aliphatic rings. The first-order valence-electron chi connectivity index (χ1n) is 9.05. The van der Waals surface area contributed by atoms with Crippen molar-refractivity contribution in [2.75, 3.05) is 11.5 Å². The fraction of sp³-hybridized carbons (Fsp3) is 0.273. The van der Waals surface area contributed by atoms with Crippen molar-refractivity contribution in [2.24, 2.45) is 0 Å². The predicted molar refractivity (Wildman–Crippen MR) is 109 cm³/mol. The van der Waals surface area contributed by atoms with Gasteiger partial charge in [-0.05, 0) is 53.4 Å². The summed E-state index contributed by atoms with van der Waals surface area (Å²) in [4.78, 5) is 26.2. The molecule has 0 radical (unpaired) electrons. The summed E-state index contributed by atoms with van der Waals surface area (Å²) in [5.74, 6) is -0.378. The molecule has 0 saturated carbocycles. The average molecular weight is 384 g/mol. The van der Waals surface area contributed by atoms with E-state index in [0.29, 0.717) is 23.7 Å². The van der Waals surface area contributed by atoms with Gasteiger partial charge in [-0.15, -0.1) is 0 Å². The molecule has 4 nitrogen and oxygen atoms in total. The lowest BCUT2D eigenvalue weighted by molar-refractivity contribution is -0.116. The van der Waals surface area contributed by atoms with Crippen LogP contribution in [0.2, 0.25) is 5.02 Å². The van der Waals surface area contributed by atoms with Crippen LogP contribution in [0.25, 0.3) is 12.2 Å².